The summed E-state index contributed by atoms with van der Waals surface area (Å²) in [5.74, 6) is 2.58. The zero-order valence-electron chi connectivity index (χ0n) is 21.3. The largest absolute Gasteiger partial charge is 0.355 e. The van der Waals surface area contributed by atoms with E-state index in [9.17, 15) is 4.79 Å². The monoisotopic (exact) mass is 462 g/mol. The highest BCUT2D eigenvalue weighted by molar-refractivity contribution is 6.17. The van der Waals surface area contributed by atoms with Crippen molar-refractivity contribution in [2.45, 2.75) is 91.5 Å². The van der Waals surface area contributed by atoms with Crippen molar-refractivity contribution in [3.05, 3.63) is 35.9 Å². The predicted molar refractivity (Wildman–Crippen MR) is 138 cm³/mol. The highest BCUT2D eigenvalue weighted by atomic mass is 35.5. The molecule has 0 radical (unpaired) electrons. The first-order valence-electron chi connectivity index (χ1n) is 12.6. The zero-order chi connectivity index (χ0) is 23.8. The summed E-state index contributed by atoms with van der Waals surface area (Å²) in [6.45, 7) is 15.6. The topological polar surface area (TPSA) is 41.1 Å². The van der Waals surface area contributed by atoms with Gasteiger partial charge in [-0.15, -0.1) is 11.6 Å². The van der Waals surface area contributed by atoms with Crippen LogP contribution < -0.4 is 10.6 Å². The first-order chi connectivity index (χ1) is 15.1. The van der Waals surface area contributed by atoms with Crippen LogP contribution in [0.3, 0.4) is 0 Å². The number of carbonyl (C=O) groups is 1. The molecule has 4 unspecified atom stereocenters. The van der Waals surface area contributed by atoms with Crippen LogP contribution in [-0.4, -0.2) is 31.4 Å². The van der Waals surface area contributed by atoms with Gasteiger partial charge in [-0.3, -0.25) is 4.79 Å². The molecule has 32 heavy (non-hydrogen) atoms. The molecule has 2 aliphatic carbocycles. The molecule has 2 N–H and O–H groups in total. The summed E-state index contributed by atoms with van der Waals surface area (Å²) in [5.41, 5.74) is 2.80. The highest BCUT2D eigenvalue weighted by Gasteiger charge is 2.48. The quantitative estimate of drug-likeness (QED) is 0.395. The van der Waals surface area contributed by atoms with Gasteiger partial charge in [0.05, 0.1) is 0 Å². The van der Waals surface area contributed by atoms with Crippen LogP contribution in [0.2, 0.25) is 0 Å². The predicted octanol–water partition coefficient (Wildman–Crippen LogP) is 6.55. The van der Waals surface area contributed by atoms with E-state index in [4.69, 9.17) is 11.6 Å². The molecule has 3 fully saturated rings. The van der Waals surface area contributed by atoms with E-state index in [1.807, 2.05) is 6.92 Å². The number of hydrogen-bond donors (Lipinski definition) is 2. The van der Waals surface area contributed by atoms with E-state index in [0.29, 0.717) is 16.9 Å². The molecular weight excluding hydrogens is 416 g/mol. The van der Waals surface area contributed by atoms with Crippen molar-refractivity contribution in [2.75, 3.05) is 19.0 Å². The van der Waals surface area contributed by atoms with E-state index in [1.54, 1.807) is 5.56 Å². The lowest BCUT2D eigenvalue weighted by Crippen LogP contribution is -2.52. The second-order valence-electron chi connectivity index (χ2n) is 11.9. The smallest absolute Gasteiger partial charge is 0.207 e. The number of fused-ring (bicyclic) bond motifs is 2. The number of benzene rings is 1. The lowest BCUT2D eigenvalue weighted by Gasteiger charge is -2.54. The van der Waals surface area contributed by atoms with Gasteiger partial charge >= 0.3 is 0 Å². The molecule has 1 aromatic carbocycles. The van der Waals surface area contributed by atoms with Crippen molar-refractivity contribution >= 4 is 18.0 Å². The van der Waals surface area contributed by atoms with E-state index in [2.05, 4.69) is 75.6 Å². The summed E-state index contributed by atoms with van der Waals surface area (Å²) in [5, 5.41) is 6.16. The lowest BCUT2D eigenvalue weighted by molar-refractivity contribution is -0.111. The molecule has 182 valence electrons. The molecule has 1 amide bonds. The van der Waals surface area contributed by atoms with E-state index in [1.165, 1.54) is 32.1 Å². The van der Waals surface area contributed by atoms with Crippen LogP contribution in [0.4, 0.5) is 0 Å². The number of hydrogen-bond acceptors (Lipinski definition) is 2. The Morgan fingerprint density at radius 3 is 2.38 bits per heavy atom. The van der Waals surface area contributed by atoms with Crippen molar-refractivity contribution < 1.29 is 4.79 Å². The Morgan fingerprint density at radius 2 is 1.78 bits per heavy atom. The van der Waals surface area contributed by atoms with Crippen LogP contribution >= 0.6 is 11.6 Å². The summed E-state index contributed by atoms with van der Waals surface area (Å²) in [6.07, 6.45) is 8.94. The summed E-state index contributed by atoms with van der Waals surface area (Å²) >= 11 is 5.00. The number of amides is 1. The molecule has 2 bridgehead atoms. The third-order valence-electron chi connectivity index (χ3n) is 7.60. The van der Waals surface area contributed by atoms with Crippen LogP contribution in [0.15, 0.2) is 30.3 Å². The molecule has 1 aromatic rings. The average molecular weight is 463 g/mol. The second-order valence-corrected chi connectivity index (χ2v) is 12.4. The van der Waals surface area contributed by atoms with Gasteiger partial charge in [0.1, 0.15) is 0 Å². The number of piperidine rings is 1. The zero-order valence-corrected chi connectivity index (χ0v) is 22.1. The molecule has 3 aliphatic rings. The Labute approximate surface area is 202 Å². The number of rotatable bonds is 3. The van der Waals surface area contributed by atoms with Crippen LogP contribution in [-0.2, 0) is 10.2 Å². The lowest BCUT2D eigenvalue weighted by atomic mass is 9.51. The Kier molecular flexibility index (Phi) is 10.1. The van der Waals surface area contributed by atoms with Gasteiger partial charge in [-0.05, 0) is 78.7 Å². The number of alkyl halides is 1. The molecule has 1 saturated heterocycles. The molecule has 4 atom stereocenters. The van der Waals surface area contributed by atoms with Gasteiger partial charge in [-0.25, -0.2) is 0 Å². The Hall–Kier alpha value is -1.06. The fourth-order valence-electron chi connectivity index (χ4n) is 6.80. The van der Waals surface area contributed by atoms with Crippen molar-refractivity contribution in [1.29, 1.82) is 0 Å². The molecular formula is C28H47ClN2O. The number of nitrogens with one attached hydrogen (secondary N) is 2. The van der Waals surface area contributed by atoms with Gasteiger partial charge in [0.25, 0.3) is 0 Å². The van der Waals surface area contributed by atoms with E-state index < -0.39 is 0 Å². The minimum atomic E-state index is 0.194. The van der Waals surface area contributed by atoms with Gasteiger partial charge in [0, 0.05) is 18.5 Å². The standard InChI is InChI=1S/C18H26.C8H16N2O.C2H5Cl/c1-14-9-15-11-17(2,3)13-18(10-14,12-15)16-7-5-4-6-8-16;1-8(2)5-9-4-3-7(8)10-6-11;1-2-3/h4-8,14-15H,9-13H2,1-3H3;6-7,9H,3-5H2,1-2H3,(H,10,11);2H2,1H3. The van der Waals surface area contributed by atoms with Gasteiger partial charge < -0.3 is 10.6 Å². The summed E-state index contributed by atoms with van der Waals surface area (Å²) in [4.78, 5) is 10.2. The molecule has 4 heteroatoms. The van der Waals surface area contributed by atoms with Crippen LogP contribution in [0.25, 0.3) is 0 Å². The van der Waals surface area contributed by atoms with Gasteiger partial charge in [0.2, 0.25) is 6.41 Å². The second kappa shape index (κ2) is 11.9. The Morgan fingerprint density at radius 1 is 1.12 bits per heavy atom. The van der Waals surface area contributed by atoms with Crippen LogP contribution in [0.5, 0.6) is 0 Å². The van der Waals surface area contributed by atoms with Crippen molar-refractivity contribution in [2.24, 2.45) is 22.7 Å². The van der Waals surface area contributed by atoms with Crippen molar-refractivity contribution in [3.63, 3.8) is 0 Å². The fourth-order valence-corrected chi connectivity index (χ4v) is 6.80. The first kappa shape index (κ1) is 27.2. The number of carbonyl (C=O) groups excluding carboxylic acids is 1. The maximum absolute atomic E-state index is 10.2. The third-order valence-corrected chi connectivity index (χ3v) is 7.60. The average Bonchev–Trinajstić information content (AvgIpc) is 2.69. The summed E-state index contributed by atoms with van der Waals surface area (Å²) in [6, 6.07) is 11.7. The van der Waals surface area contributed by atoms with Gasteiger partial charge in [-0.1, -0.05) is 71.9 Å². The molecule has 2 saturated carbocycles. The number of halogens is 1. The molecule has 3 nitrogen and oxygen atoms in total. The third kappa shape index (κ3) is 7.48. The van der Waals surface area contributed by atoms with Crippen molar-refractivity contribution in [1.82, 2.24) is 10.6 Å². The van der Waals surface area contributed by atoms with Gasteiger partial charge in [-0.2, -0.15) is 0 Å². The maximum atomic E-state index is 10.2. The Bertz CT molecular complexity index is 686. The minimum absolute atomic E-state index is 0.194. The van der Waals surface area contributed by atoms with E-state index in [-0.39, 0.29) is 5.41 Å². The molecule has 4 rings (SSSR count). The van der Waals surface area contributed by atoms with Crippen LogP contribution in [0, 0.1) is 22.7 Å². The van der Waals surface area contributed by atoms with Gasteiger partial charge in [0.15, 0.2) is 0 Å². The first-order valence-corrected chi connectivity index (χ1v) is 13.1. The van der Waals surface area contributed by atoms with E-state index >= 15 is 0 Å². The maximum Gasteiger partial charge on any atom is 0.207 e. The van der Waals surface area contributed by atoms with Crippen LogP contribution in [0.1, 0.15) is 85.6 Å². The molecule has 0 spiro atoms. The summed E-state index contributed by atoms with van der Waals surface area (Å²) in [7, 11) is 0. The molecule has 1 aliphatic heterocycles. The van der Waals surface area contributed by atoms with E-state index in [0.717, 1.165) is 43.6 Å². The highest BCUT2D eigenvalue weighted by Crippen LogP contribution is 2.57. The minimum Gasteiger partial charge on any atom is -0.355 e. The summed E-state index contributed by atoms with van der Waals surface area (Å²) < 4.78 is 0. The SMILES string of the molecule is CC1(C)CNCCC1NC=O.CC1CC2CC(C)(C)CC(c3ccccc3)(C1)C2.CCCl. The fraction of sp³-hybridized carbons (Fsp3) is 0.750. The molecule has 0 aromatic heterocycles. The molecule has 1 heterocycles. The van der Waals surface area contributed by atoms with Crippen molar-refractivity contribution in [3.8, 4) is 0 Å². The normalized spacial score (nSPS) is 32.3. The Balaban J connectivity index is 0.000000222.